The summed E-state index contributed by atoms with van der Waals surface area (Å²) in [6.07, 6.45) is 21.4. The number of aliphatic hydroxyl groups is 4. The number of aliphatic hydroxyl groups excluding tert-OH is 3. The number of H-pyrrole nitrogens is 1. The van der Waals surface area contributed by atoms with E-state index >= 15 is 0 Å². The quantitative estimate of drug-likeness (QED) is 0.00792. The highest BCUT2D eigenvalue weighted by atomic mass is 16.6. The van der Waals surface area contributed by atoms with Crippen LogP contribution in [0, 0.1) is 35.5 Å². The molecule has 1 aliphatic carbocycles. The summed E-state index contributed by atoms with van der Waals surface area (Å²) in [5.74, 6) is -6.84. The summed E-state index contributed by atoms with van der Waals surface area (Å²) in [7, 11) is 4.63. The molecule has 4 aliphatic rings. The van der Waals surface area contributed by atoms with Gasteiger partial charge in [-0.1, -0.05) is 89.1 Å². The number of nitrogen functional groups attached to an aromatic ring is 1. The Morgan fingerprint density at radius 2 is 1.41 bits per heavy atom. The predicted molar refractivity (Wildman–Crippen MR) is 446 cm³/mol. The number of hydrogen-bond donors (Lipinski definition) is 6. The summed E-state index contributed by atoms with van der Waals surface area (Å²) >= 11 is 0. The van der Waals surface area contributed by atoms with Crippen LogP contribution in [0.5, 0.6) is 0 Å². The number of carbonyl (C=O) groups excluding carboxylic acids is 5. The molecular weight excluding hydrogens is 1520 g/mol. The molecule has 1 amide bonds. The zero-order valence-electron chi connectivity index (χ0n) is 71.4. The van der Waals surface area contributed by atoms with Gasteiger partial charge in [-0.15, -0.1) is 0 Å². The fraction of sp³-hybridized carbons (Fsp3) is 0.705. The first-order valence-electron chi connectivity index (χ1n) is 42.8. The molecule has 8 rings (SSSR count). The van der Waals surface area contributed by atoms with Crippen LogP contribution in [-0.2, 0) is 87.5 Å². The van der Waals surface area contributed by atoms with Crippen molar-refractivity contribution < 1.29 is 101 Å². The van der Waals surface area contributed by atoms with Crippen molar-refractivity contribution in [2.45, 2.75) is 251 Å². The molecule has 0 unspecified atom stereocenters. The number of aromatic amines is 1. The molecule has 658 valence electrons. The molecule has 2 saturated heterocycles. The molecule has 0 aromatic carbocycles. The van der Waals surface area contributed by atoms with Crippen LogP contribution < -0.4 is 5.73 Å². The normalized spacial score (nSPS) is 28.6. The molecule has 0 radical (unpaired) electrons. The van der Waals surface area contributed by atoms with E-state index in [1.165, 1.54) is 18.3 Å². The number of unbranched alkanes of at least 4 members (excludes halogenated alkanes) is 4. The second kappa shape index (κ2) is 50.9. The van der Waals surface area contributed by atoms with Crippen molar-refractivity contribution in [3.05, 3.63) is 78.5 Å². The first-order valence-corrected chi connectivity index (χ1v) is 42.8. The third-order valence-corrected chi connectivity index (χ3v) is 23.3. The van der Waals surface area contributed by atoms with Crippen LogP contribution in [0.1, 0.15) is 183 Å². The molecule has 118 heavy (non-hydrogen) atoms. The number of rotatable bonds is 40. The third-order valence-electron chi connectivity index (χ3n) is 23.3. The number of allylic oxidation sites excluding steroid dienone is 5. The Morgan fingerprint density at radius 3 is 2.10 bits per heavy atom. The lowest BCUT2D eigenvalue weighted by atomic mass is 9.78. The standard InChI is InChI=1S/C88H135N9O21/c1-58-22-14-11-15-23-59(2)74(107-8)53-70-29-27-64(7)88(106,118-70)82(103)86(104)96-34-20-18-26-71(96)87(105)117-75(61(4)50-65-28-30-72(100)76(51-65)108-9)54-73(101)60(3)49-63(6)80(102)81(109-10)78(62(5)48-58)95-116-56-69(99)25-17-13-21-36-110-38-40-112-42-44-114-46-47-115-45-43-113-41-39-111-37-32-68(98)24-16-12-19-35-97-85-77(83(89)92-57-93-85)79(94-97)67-52-66-31-33-90-84(66)91-55-67/h11,14-15,22-23,31,33,49,52,55,57-58,60-62,64-65,70-76,80-81,100-102,106H,12-13,16-21,24-30,32,34-48,50-51,53-54,56H2,1-10H3,(H,90,91)(H2,89,92,93)/b15-11+,22-14+,59-23+,63-49+,95-78?/t58-,60-,61-,62-,64-,65+,70+,71+,72-,73-,74+,75+,76-,80-,81+,88-/m1/s1. The van der Waals surface area contributed by atoms with Gasteiger partial charge in [0.15, 0.2) is 18.0 Å². The van der Waals surface area contributed by atoms with Crippen LogP contribution in [0.25, 0.3) is 33.3 Å². The molecule has 30 heteroatoms. The zero-order chi connectivity index (χ0) is 84.9. The maximum absolute atomic E-state index is 14.7. The van der Waals surface area contributed by atoms with E-state index in [1.807, 2.05) is 68.1 Å². The molecule has 0 spiro atoms. The smallest absolute Gasteiger partial charge is 0.329 e. The second-order valence-corrected chi connectivity index (χ2v) is 32.5. The number of oxime groups is 1. The van der Waals surface area contributed by atoms with Crippen LogP contribution >= 0.6 is 0 Å². The average molecular weight is 1660 g/mol. The van der Waals surface area contributed by atoms with Crippen molar-refractivity contribution in [3.8, 4) is 11.3 Å². The lowest BCUT2D eigenvalue weighted by Gasteiger charge is -2.43. The third kappa shape index (κ3) is 29.9. The number of methoxy groups -OCH3 is 3. The van der Waals surface area contributed by atoms with Crippen LogP contribution in [0.3, 0.4) is 0 Å². The summed E-state index contributed by atoms with van der Waals surface area (Å²) in [4.78, 5) is 92.8. The number of Topliss-reactive ketones (excluding diaryl/α,β-unsaturated/α-hetero) is 3. The van der Waals surface area contributed by atoms with Gasteiger partial charge in [0.2, 0.25) is 5.79 Å². The Labute approximate surface area is 696 Å². The van der Waals surface area contributed by atoms with E-state index < -0.39 is 84.1 Å². The lowest BCUT2D eigenvalue weighted by molar-refractivity contribution is -0.265. The molecule has 2 bridgehead atoms. The average Bonchev–Trinajstić information content (AvgIpc) is 1.46. The molecule has 7 N–H and O–H groups in total. The molecule has 3 aliphatic heterocycles. The Kier molecular flexibility index (Phi) is 41.6. The first-order chi connectivity index (χ1) is 56.9. The highest BCUT2D eigenvalue weighted by Crippen LogP contribution is 2.39. The minimum atomic E-state index is -2.45. The molecule has 16 atom stereocenters. The maximum atomic E-state index is 14.7. The van der Waals surface area contributed by atoms with Crippen LogP contribution in [0.2, 0.25) is 0 Å². The summed E-state index contributed by atoms with van der Waals surface area (Å²) in [6.45, 7) is 18.5. The van der Waals surface area contributed by atoms with Gasteiger partial charge in [0.1, 0.15) is 53.6 Å². The van der Waals surface area contributed by atoms with Gasteiger partial charge in [0.25, 0.3) is 11.7 Å². The van der Waals surface area contributed by atoms with E-state index in [1.54, 1.807) is 47.3 Å². The minimum absolute atomic E-state index is 0.00934. The van der Waals surface area contributed by atoms with Crippen LogP contribution in [-0.4, -0.2) is 264 Å². The largest absolute Gasteiger partial charge is 0.460 e. The Balaban J connectivity index is 0.720. The number of aryl methyl sites for hydroxylation is 1. The number of ketones is 3. The highest BCUT2D eigenvalue weighted by Gasteiger charge is 2.53. The van der Waals surface area contributed by atoms with Crippen molar-refractivity contribution in [3.63, 3.8) is 0 Å². The van der Waals surface area contributed by atoms with Crippen molar-refractivity contribution >= 4 is 62.8 Å². The number of cyclic esters (lactones) is 1. The number of anilines is 1. The number of nitrogens with one attached hydrogen (secondary N) is 1. The molecule has 7 heterocycles. The highest BCUT2D eigenvalue weighted by molar-refractivity contribution is 6.39. The number of hydrogen-bond acceptors (Lipinski definition) is 27. The first kappa shape index (κ1) is 96.3. The number of nitrogens with two attached hydrogens (primary N) is 1. The number of pyridine rings is 1. The van der Waals surface area contributed by atoms with Gasteiger partial charge in [0.05, 0.1) is 114 Å². The number of esters is 1. The second-order valence-electron chi connectivity index (χ2n) is 32.5. The van der Waals surface area contributed by atoms with E-state index in [2.05, 4.69) is 38.1 Å². The Bertz CT molecular complexity index is 3880. The molecule has 1 saturated carbocycles. The number of fused-ring (bicyclic) bond motifs is 5. The van der Waals surface area contributed by atoms with Gasteiger partial charge in [-0.2, -0.15) is 5.10 Å². The maximum Gasteiger partial charge on any atom is 0.329 e. The van der Waals surface area contributed by atoms with Crippen LogP contribution in [0.15, 0.2) is 83.6 Å². The van der Waals surface area contributed by atoms with E-state index in [0.717, 1.165) is 54.3 Å². The topological polar surface area (TPSA) is 391 Å². The number of ether oxygens (including phenoxy) is 11. The number of nitrogens with zero attached hydrogens (tertiary/aromatic N) is 7. The van der Waals surface area contributed by atoms with Gasteiger partial charge in [-0.3, -0.25) is 19.2 Å². The number of piperidine rings is 1. The van der Waals surface area contributed by atoms with E-state index in [0.29, 0.717) is 203 Å². The molecule has 4 aromatic heterocycles. The molecular formula is C88H135N9O21. The van der Waals surface area contributed by atoms with Crippen LogP contribution in [0.4, 0.5) is 5.82 Å². The number of amides is 1. The number of aromatic nitrogens is 6. The van der Waals surface area contributed by atoms with E-state index in [4.69, 9.17) is 67.8 Å². The summed E-state index contributed by atoms with van der Waals surface area (Å²) in [6, 6.07) is 2.83. The molecule has 3 fully saturated rings. The fourth-order valence-corrected chi connectivity index (χ4v) is 16.1. The summed E-state index contributed by atoms with van der Waals surface area (Å²) in [5, 5.41) is 58.3. The van der Waals surface area contributed by atoms with Gasteiger partial charge in [0, 0.05) is 114 Å². The monoisotopic (exact) mass is 1650 g/mol. The van der Waals surface area contributed by atoms with Gasteiger partial charge < -0.3 is 93.0 Å². The minimum Gasteiger partial charge on any atom is -0.460 e. The fourth-order valence-electron chi connectivity index (χ4n) is 16.1. The zero-order valence-corrected chi connectivity index (χ0v) is 71.4. The lowest BCUT2D eigenvalue weighted by Crippen LogP contribution is -2.61. The molecule has 30 nitrogen and oxygen atoms in total. The van der Waals surface area contributed by atoms with Crippen molar-refractivity contribution in [1.29, 1.82) is 0 Å². The van der Waals surface area contributed by atoms with Gasteiger partial charge >= 0.3 is 5.97 Å². The summed E-state index contributed by atoms with van der Waals surface area (Å²) < 4.78 is 66.1. The van der Waals surface area contributed by atoms with E-state index in [9.17, 15) is 44.4 Å². The van der Waals surface area contributed by atoms with Gasteiger partial charge in [-0.25, -0.2) is 24.4 Å². The van der Waals surface area contributed by atoms with Crippen molar-refractivity contribution in [1.82, 2.24) is 34.6 Å². The van der Waals surface area contributed by atoms with Crippen molar-refractivity contribution in [2.24, 2.45) is 40.7 Å². The van der Waals surface area contributed by atoms with Crippen molar-refractivity contribution in [2.75, 3.05) is 119 Å². The Morgan fingerprint density at radius 1 is 0.720 bits per heavy atom. The Hall–Kier alpha value is -7.14. The summed E-state index contributed by atoms with van der Waals surface area (Å²) in [5.41, 5.74) is 11.0. The van der Waals surface area contributed by atoms with Gasteiger partial charge in [-0.05, 0) is 145 Å². The molecule has 4 aromatic rings. The SMILES string of the molecule is CO[C@H]1C[C@@H]2CC[C@@H](C)[C@@](O)(O2)C(=O)C(=O)N2CCCC[C@H]2C(=O)O[C@H]([C@H](C)C[C@@H]2CC[C@@H](O)[C@H](OC)C2)C[C@@H](O)[C@H](C)/C=C(\C)[C@@H](O)[C@@H](OC)C(=NOCC(=O)CCCCCOCCOCCOCCOCCOCCOCCC(=O)CCCCCn2nc(-c3cnc4[nH]ccc4c3)c3c(N)ncnc32)[C@H](C)C[C@H](C)/C=C/C=C/C=C/1C. The predicted octanol–water partition coefficient (Wildman–Crippen LogP) is 10.5. The van der Waals surface area contributed by atoms with E-state index in [-0.39, 0.29) is 73.8 Å². The number of carbonyl (C=O) groups is 5.